The normalized spacial score (nSPS) is 13.7. The van der Waals surface area contributed by atoms with Crippen LogP contribution in [0.2, 0.25) is 0 Å². The number of nitro benzene ring substituents is 1. The van der Waals surface area contributed by atoms with Crippen molar-refractivity contribution in [2.24, 2.45) is 0 Å². The van der Waals surface area contributed by atoms with E-state index in [1.807, 2.05) is 0 Å². The Morgan fingerprint density at radius 1 is 1.63 bits per heavy atom. The number of ether oxygens (including phenoxy) is 1. The van der Waals surface area contributed by atoms with Gasteiger partial charge in [0.2, 0.25) is 5.75 Å². The fourth-order valence-electron chi connectivity index (χ4n) is 1.10. The van der Waals surface area contributed by atoms with Gasteiger partial charge in [-0.05, 0) is 28.9 Å². The lowest BCUT2D eigenvalue weighted by Gasteiger charge is -2.18. The van der Waals surface area contributed by atoms with Crippen molar-refractivity contribution in [2.75, 3.05) is 6.61 Å². The standard InChI is InChI=1S/C10H9BrFNO6/c1-10(16,9(14)15)4-19-8-6(11)2-5(12)3-7(8)13(17)18/h2-3,16H,4H2,1H3,(H,14,15). The molecule has 19 heavy (non-hydrogen) atoms. The van der Waals surface area contributed by atoms with Gasteiger partial charge in [-0.25, -0.2) is 9.18 Å². The molecule has 1 aromatic rings. The van der Waals surface area contributed by atoms with Crippen LogP contribution >= 0.6 is 15.9 Å². The van der Waals surface area contributed by atoms with Crippen LogP contribution < -0.4 is 4.74 Å². The largest absolute Gasteiger partial charge is 0.482 e. The molecule has 2 N–H and O–H groups in total. The van der Waals surface area contributed by atoms with Gasteiger partial charge in [-0.1, -0.05) is 0 Å². The summed E-state index contributed by atoms with van der Waals surface area (Å²) in [5, 5.41) is 28.9. The van der Waals surface area contributed by atoms with Gasteiger partial charge in [0.15, 0.2) is 5.60 Å². The van der Waals surface area contributed by atoms with Crippen LogP contribution in [0.4, 0.5) is 10.1 Å². The van der Waals surface area contributed by atoms with Crippen LogP contribution in [0.5, 0.6) is 5.75 Å². The fourth-order valence-corrected chi connectivity index (χ4v) is 1.64. The summed E-state index contributed by atoms with van der Waals surface area (Å²) in [6.07, 6.45) is 0. The molecular formula is C10H9BrFNO6. The Bertz CT molecular complexity index is 533. The lowest BCUT2D eigenvalue weighted by atomic mass is 10.1. The number of aliphatic hydroxyl groups is 1. The van der Waals surface area contributed by atoms with Gasteiger partial charge in [-0.15, -0.1) is 0 Å². The van der Waals surface area contributed by atoms with E-state index in [2.05, 4.69) is 15.9 Å². The minimum Gasteiger partial charge on any atom is -0.482 e. The Morgan fingerprint density at radius 2 is 2.21 bits per heavy atom. The molecule has 0 aromatic heterocycles. The molecule has 0 saturated heterocycles. The molecule has 0 bridgehead atoms. The Morgan fingerprint density at radius 3 is 2.68 bits per heavy atom. The van der Waals surface area contributed by atoms with Crippen LogP contribution in [0.3, 0.4) is 0 Å². The molecule has 1 unspecified atom stereocenters. The molecule has 0 aliphatic carbocycles. The summed E-state index contributed by atoms with van der Waals surface area (Å²) < 4.78 is 17.9. The maximum absolute atomic E-state index is 13.0. The van der Waals surface area contributed by atoms with E-state index in [9.17, 15) is 24.4 Å². The molecule has 1 rings (SSSR count). The van der Waals surface area contributed by atoms with Crippen LogP contribution in [0, 0.1) is 15.9 Å². The van der Waals surface area contributed by atoms with Crippen LogP contribution in [-0.2, 0) is 4.79 Å². The summed E-state index contributed by atoms with van der Waals surface area (Å²) in [6, 6.07) is 1.56. The van der Waals surface area contributed by atoms with E-state index in [0.717, 1.165) is 13.0 Å². The minimum absolute atomic E-state index is 0.0552. The molecule has 0 radical (unpaired) electrons. The molecule has 9 heteroatoms. The quantitative estimate of drug-likeness (QED) is 0.625. The second kappa shape index (κ2) is 5.49. The molecule has 0 spiro atoms. The van der Waals surface area contributed by atoms with Crippen LogP contribution in [0.1, 0.15) is 6.92 Å². The van der Waals surface area contributed by atoms with Gasteiger partial charge in [0.05, 0.1) is 15.5 Å². The molecule has 0 fully saturated rings. The van der Waals surface area contributed by atoms with E-state index in [0.29, 0.717) is 6.07 Å². The Balaban J connectivity index is 3.08. The van der Waals surface area contributed by atoms with Gasteiger partial charge in [-0.3, -0.25) is 10.1 Å². The Hall–Kier alpha value is -1.74. The van der Waals surface area contributed by atoms with E-state index >= 15 is 0 Å². The van der Waals surface area contributed by atoms with Gasteiger partial charge < -0.3 is 14.9 Å². The number of hydrogen-bond donors (Lipinski definition) is 2. The van der Waals surface area contributed by atoms with Crippen LogP contribution in [0.25, 0.3) is 0 Å². The first-order valence-corrected chi connectivity index (χ1v) is 5.66. The zero-order valence-electron chi connectivity index (χ0n) is 9.59. The maximum Gasteiger partial charge on any atom is 0.339 e. The van der Waals surface area contributed by atoms with Gasteiger partial charge in [-0.2, -0.15) is 0 Å². The highest BCUT2D eigenvalue weighted by Gasteiger charge is 2.32. The lowest BCUT2D eigenvalue weighted by Crippen LogP contribution is -2.41. The zero-order chi connectivity index (χ0) is 14.8. The van der Waals surface area contributed by atoms with E-state index < -0.39 is 34.6 Å². The highest BCUT2D eigenvalue weighted by molar-refractivity contribution is 9.10. The van der Waals surface area contributed by atoms with E-state index in [4.69, 9.17) is 9.84 Å². The van der Waals surface area contributed by atoms with Crippen LogP contribution in [0.15, 0.2) is 16.6 Å². The van der Waals surface area contributed by atoms with Gasteiger partial charge in [0, 0.05) is 0 Å². The number of benzene rings is 1. The molecule has 104 valence electrons. The minimum atomic E-state index is -2.22. The summed E-state index contributed by atoms with van der Waals surface area (Å²) >= 11 is 2.87. The molecule has 0 aliphatic rings. The Kier molecular flexibility index (Phi) is 4.43. The molecular weight excluding hydrogens is 329 g/mol. The Labute approximate surface area is 114 Å². The van der Waals surface area contributed by atoms with Gasteiger partial charge >= 0.3 is 11.7 Å². The summed E-state index contributed by atoms with van der Waals surface area (Å²) in [7, 11) is 0. The molecule has 7 nitrogen and oxygen atoms in total. The molecule has 0 saturated carbocycles. The van der Waals surface area contributed by atoms with Crippen molar-refractivity contribution in [3.63, 3.8) is 0 Å². The monoisotopic (exact) mass is 337 g/mol. The molecule has 0 aliphatic heterocycles. The lowest BCUT2D eigenvalue weighted by molar-refractivity contribution is -0.386. The number of carboxylic acids is 1. The van der Waals surface area contributed by atoms with Crippen LogP contribution in [-0.4, -0.2) is 33.3 Å². The van der Waals surface area contributed by atoms with E-state index in [-0.39, 0.29) is 10.2 Å². The van der Waals surface area contributed by atoms with Crippen molar-refractivity contribution in [1.82, 2.24) is 0 Å². The number of nitro groups is 1. The average molecular weight is 338 g/mol. The molecule has 0 amide bonds. The summed E-state index contributed by atoms with van der Waals surface area (Å²) in [5.41, 5.74) is -2.89. The topological polar surface area (TPSA) is 110 Å². The van der Waals surface area contributed by atoms with Crippen molar-refractivity contribution < 1.29 is 29.1 Å². The SMILES string of the molecule is CC(O)(COc1c(Br)cc(F)cc1[N+](=O)[O-])C(=O)O. The highest BCUT2D eigenvalue weighted by Crippen LogP contribution is 2.36. The number of nitrogens with zero attached hydrogens (tertiary/aromatic N) is 1. The number of carbonyl (C=O) groups is 1. The molecule has 1 aromatic carbocycles. The molecule has 0 heterocycles. The summed E-state index contributed by atoms with van der Waals surface area (Å²) in [5.74, 6) is -2.75. The van der Waals surface area contributed by atoms with Crippen molar-refractivity contribution in [3.05, 3.63) is 32.5 Å². The van der Waals surface area contributed by atoms with Gasteiger partial charge in [0.1, 0.15) is 12.4 Å². The summed E-state index contributed by atoms with van der Waals surface area (Å²) in [4.78, 5) is 20.5. The number of rotatable bonds is 5. The third-order valence-electron chi connectivity index (χ3n) is 2.14. The number of aliphatic carboxylic acids is 1. The average Bonchev–Trinajstić information content (AvgIpc) is 2.26. The summed E-state index contributed by atoms with van der Waals surface area (Å²) in [6.45, 7) is 0.242. The second-order valence-electron chi connectivity index (χ2n) is 3.86. The zero-order valence-corrected chi connectivity index (χ0v) is 11.2. The number of carboxylic acid groups (broad SMARTS) is 1. The van der Waals surface area contributed by atoms with Gasteiger partial charge in [0.25, 0.3) is 0 Å². The van der Waals surface area contributed by atoms with E-state index in [1.165, 1.54) is 0 Å². The van der Waals surface area contributed by atoms with Crippen molar-refractivity contribution in [1.29, 1.82) is 0 Å². The predicted octanol–water partition coefficient (Wildman–Crippen LogP) is 1.71. The third-order valence-corrected chi connectivity index (χ3v) is 2.73. The number of halogens is 2. The molecule has 1 atom stereocenters. The predicted molar refractivity (Wildman–Crippen MR) is 64.5 cm³/mol. The maximum atomic E-state index is 13.0. The third kappa shape index (κ3) is 3.61. The van der Waals surface area contributed by atoms with Crippen molar-refractivity contribution in [3.8, 4) is 5.75 Å². The second-order valence-corrected chi connectivity index (χ2v) is 4.71. The number of hydrogen-bond acceptors (Lipinski definition) is 5. The van der Waals surface area contributed by atoms with Crippen molar-refractivity contribution >= 4 is 27.6 Å². The van der Waals surface area contributed by atoms with E-state index in [1.54, 1.807) is 0 Å². The first-order chi connectivity index (χ1) is 8.65. The van der Waals surface area contributed by atoms with Crippen molar-refractivity contribution in [2.45, 2.75) is 12.5 Å². The highest BCUT2D eigenvalue weighted by atomic mass is 79.9. The smallest absolute Gasteiger partial charge is 0.339 e. The first-order valence-electron chi connectivity index (χ1n) is 4.87. The first kappa shape index (κ1) is 15.3. The fraction of sp³-hybridized carbons (Fsp3) is 0.300.